The van der Waals surface area contributed by atoms with Crippen molar-refractivity contribution < 1.29 is 17.6 Å². The van der Waals surface area contributed by atoms with Crippen molar-refractivity contribution in [3.8, 4) is 0 Å². The summed E-state index contributed by atoms with van der Waals surface area (Å²) in [6.07, 6.45) is 1.48. The number of fused-ring (bicyclic) bond motifs is 1. The molecule has 9 nitrogen and oxygen atoms in total. The van der Waals surface area contributed by atoms with Crippen LogP contribution in [0.2, 0.25) is 0 Å². The van der Waals surface area contributed by atoms with E-state index in [2.05, 4.69) is 14.6 Å². The van der Waals surface area contributed by atoms with Crippen LogP contribution < -0.4 is 15.4 Å². The summed E-state index contributed by atoms with van der Waals surface area (Å²) in [5.74, 6) is 0.226. The number of nitrogens with zero attached hydrogens (tertiary/aromatic N) is 3. The lowest BCUT2D eigenvalue weighted by atomic mass is 10.3. The lowest BCUT2D eigenvalue weighted by Crippen LogP contribution is -2.36. The van der Waals surface area contributed by atoms with Crippen molar-refractivity contribution in [2.75, 3.05) is 35.9 Å². The Morgan fingerprint density at radius 2 is 1.93 bits per heavy atom. The van der Waals surface area contributed by atoms with Crippen LogP contribution in [0, 0.1) is 0 Å². The van der Waals surface area contributed by atoms with Gasteiger partial charge in [0.1, 0.15) is 5.82 Å². The molecule has 1 fully saturated rings. The number of anilines is 2. The molecule has 10 heteroatoms. The second-order valence-corrected chi connectivity index (χ2v) is 7.85. The van der Waals surface area contributed by atoms with Crippen LogP contribution in [0.1, 0.15) is 0 Å². The van der Waals surface area contributed by atoms with Crippen molar-refractivity contribution in [2.24, 2.45) is 7.05 Å². The van der Waals surface area contributed by atoms with Gasteiger partial charge in [0.05, 0.1) is 35.5 Å². The predicted molar refractivity (Wildman–Crippen MR) is 99.5 cm³/mol. The number of nitrogens with one attached hydrogen (secondary N) is 1. The summed E-state index contributed by atoms with van der Waals surface area (Å²) in [6, 6.07) is 7.72. The first kappa shape index (κ1) is 17.6. The van der Waals surface area contributed by atoms with Crippen LogP contribution in [0.5, 0.6) is 0 Å². The van der Waals surface area contributed by atoms with Gasteiger partial charge in [0.2, 0.25) is 0 Å². The summed E-state index contributed by atoms with van der Waals surface area (Å²) >= 11 is 0. The monoisotopic (exact) mass is 390 g/mol. The van der Waals surface area contributed by atoms with Crippen LogP contribution >= 0.6 is 0 Å². The molecular weight excluding hydrogens is 372 g/mol. The van der Waals surface area contributed by atoms with Crippen molar-refractivity contribution >= 4 is 32.6 Å². The molecule has 0 unspecified atom stereocenters. The molecule has 0 amide bonds. The molecule has 27 heavy (non-hydrogen) atoms. The van der Waals surface area contributed by atoms with E-state index < -0.39 is 15.8 Å². The zero-order valence-corrected chi connectivity index (χ0v) is 15.4. The molecule has 1 N–H and O–H groups in total. The van der Waals surface area contributed by atoms with Gasteiger partial charge in [0.15, 0.2) is 5.58 Å². The van der Waals surface area contributed by atoms with Gasteiger partial charge in [0, 0.05) is 26.2 Å². The van der Waals surface area contributed by atoms with Gasteiger partial charge in [-0.15, -0.1) is 0 Å². The molecule has 0 spiro atoms. The zero-order chi connectivity index (χ0) is 19.0. The Kier molecular flexibility index (Phi) is 4.36. The first-order valence-electron chi connectivity index (χ1n) is 8.35. The van der Waals surface area contributed by atoms with Crippen molar-refractivity contribution in [1.29, 1.82) is 0 Å². The maximum Gasteiger partial charge on any atom is 0.419 e. The van der Waals surface area contributed by atoms with Crippen LogP contribution in [-0.4, -0.2) is 44.3 Å². The van der Waals surface area contributed by atoms with Crippen LogP contribution in [0.25, 0.3) is 11.1 Å². The number of oxazole rings is 1. The highest BCUT2D eigenvalue weighted by Gasteiger charge is 2.18. The van der Waals surface area contributed by atoms with E-state index in [4.69, 9.17) is 9.15 Å². The zero-order valence-electron chi connectivity index (χ0n) is 14.6. The number of morpholine rings is 1. The van der Waals surface area contributed by atoms with Crippen molar-refractivity contribution in [2.45, 2.75) is 4.90 Å². The lowest BCUT2D eigenvalue weighted by molar-refractivity contribution is 0.122. The van der Waals surface area contributed by atoms with Gasteiger partial charge >= 0.3 is 5.76 Å². The molecule has 0 saturated carbocycles. The molecule has 0 aliphatic carbocycles. The maximum atomic E-state index is 12.6. The SMILES string of the molecule is Cn1c(=O)oc2cc(S(=O)(=O)Nc3ccc(N4CCOCC4)nc3)ccc21. The number of sulfonamides is 1. The second kappa shape index (κ2) is 6.71. The fourth-order valence-corrected chi connectivity index (χ4v) is 3.98. The summed E-state index contributed by atoms with van der Waals surface area (Å²) < 4.78 is 39.4. The number of aryl methyl sites for hydroxylation is 1. The Morgan fingerprint density at radius 3 is 2.63 bits per heavy atom. The third-order valence-electron chi connectivity index (χ3n) is 4.41. The smallest absolute Gasteiger partial charge is 0.408 e. The molecule has 3 heterocycles. The van der Waals surface area contributed by atoms with E-state index in [1.807, 2.05) is 0 Å². The van der Waals surface area contributed by atoms with Crippen molar-refractivity contribution in [3.63, 3.8) is 0 Å². The minimum absolute atomic E-state index is 0.00149. The third kappa shape index (κ3) is 3.40. The van der Waals surface area contributed by atoms with Crippen molar-refractivity contribution in [3.05, 3.63) is 47.1 Å². The molecule has 0 bridgehead atoms. The number of ether oxygens (including phenoxy) is 1. The summed E-state index contributed by atoms with van der Waals surface area (Å²) in [6.45, 7) is 2.79. The number of hydrogen-bond acceptors (Lipinski definition) is 7. The first-order chi connectivity index (χ1) is 12.9. The third-order valence-corrected chi connectivity index (χ3v) is 5.79. The Morgan fingerprint density at radius 1 is 1.15 bits per heavy atom. The molecule has 4 rings (SSSR count). The molecule has 0 radical (unpaired) electrons. The minimum atomic E-state index is -3.84. The van der Waals surface area contributed by atoms with E-state index in [-0.39, 0.29) is 10.5 Å². The maximum absolute atomic E-state index is 12.6. The number of aromatic nitrogens is 2. The van der Waals surface area contributed by atoms with E-state index in [0.29, 0.717) is 24.4 Å². The van der Waals surface area contributed by atoms with E-state index >= 15 is 0 Å². The molecular formula is C17H18N4O5S. The van der Waals surface area contributed by atoms with E-state index in [0.717, 1.165) is 18.9 Å². The van der Waals surface area contributed by atoms with Gasteiger partial charge in [-0.05, 0) is 24.3 Å². The Hall–Kier alpha value is -2.85. The quantitative estimate of drug-likeness (QED) is 0.712. The summed E-state index contributed by atoms with van der Waals surface area (Å²) in [7, 11) is -2.28. The van der Waals surface area contributed by atoms with Crippen molar-refractivity contribution in [1.82, 2.24) is 9.55 Å². The Balaban J connectivity index is 1.56. The molecule has 1 aliphatic heterocycles. The fraction of sp³-hybridized carbons (Fsp3) is 0.294. The van der Waals surface area contributed by atoms with Gasteiger partial charge in [-0.3, -0.25) is 9.29 Å². The van der Waals surface area contributed by atoms with Gasteiger partial charge in [-0.2, -0.15) is 0 Å². The first-order valence-corrected chi connectivity index (χ1v) is 9.83. The Bertz CT molecular complexity index is 1130. The largest absolute Gasteiger partial charge is 0.419 e. The highest BCUT2D eigenvalue weighted by Crippen LogP contribution is 2.22. The molecule has 1 aromatic carbocycles. The fourth-order valence-electron chi connectivity index (χ4n) is 2.92. The number of benzene rings is 1. The summed E-state index contributed by atoms with van der Waals surface area (Å²) in [5.41, 5.74) is 1.09. The predicted octanol–water partition coefficient (Wildman–Crippen LogP) is 1.16. The van der Waals surface area contributed by atoms with Gasteiger partial charge in [0.25, 0.3) is 10.0 Å². The van der Waals surface area contributed by atoms with Crippen LogP contribution in [0.3, 0.4) is 0 Å². The topological polar surface area (TPSA) is 107 Å². The summed E-state index contributed by atoms with van der Waals surface area (Å²) in [4.78, 5) is 18.0. The second-order valence-electron chi connectivity index (χ2n) is 6.17. The van der Waals surface area contributed by atoms with Gasteiger partial charge in [-0.25, -0.2) is 18.2 Å². The van der Waals surface area contributed by atoms with Crippen LogP contribution in [-0.2, 0) is 21.8 Å². The molecule has 2 aromatic heterocycles. The van der Waals surface area contributed by atoms with Gasteiger partial charge < -0.3 is 14.1 Å². The van der Waals surface area contributed by atoms with E-state index in [1.165, 1.54) is 29.0 Å². The average molecular weight is 390 g/mol. The van der Waals surface area contributed by atoms with Crippen LogP contribution in [0.4, 0.5) is 11.5 Å². The van der Waals surface area contributed by atoms with Crippen LogP contribution in [0.15, 0.2) is 50.6 Å². The average Bonchev–Trinajstić information content (AvgIpc) is 2.96. The highest BCUT2D eigenvalue weighted by molar-refractivity contribution is 7.92. The molecule has 3 aromatic rings. The molecule has 1 aliphatic rings. The number of rotatable bonds is 4. The minimum Gasteiger partial charge on any atom is -0.408 e. The molecule has 0 atom stereocenters. The Labute approximate surface area is 155 Å². The number of hydrogen-bond donors (Lipinski definition) is 1. The summed E-state index contributed by atoms with van der Waals surface area (Å²) in [5, 5.41) is 0. The van der Waals surface area contributed by atoms with E-state index in [1.54, 1.807) is 19.2 Å². The van der Waals surface area contributed by atoms with Gasteiger partial charge in [-0.1, -0.05) is 0 Å². The number of pyridine rings is 1. The standard InChI is InChI=1S/C17H18N4O5S/c1-20-14-4-3-13(10-15(14)26-17(20)22)27(23,24)19-12-2-5-16(18-11-12)21-6-8-25-9-7-21/h2-5,10-11,19H,6-9H2,1H3. The lowest BCUT2D eigenvalue weighted by Gasteiger charge is -2.27. The molecule has 142 valence electrons. The van der Waals surface area contributed by atoms with E-state index in [9.17, 15) is 13.2 Å². The molecule has 1 saturated heterocycles. The normalized spacial score (nSPS) is 15.2. The highest BCUT2D eigenvalue weighted by atomic mass is 32.2.